The molecule has 0 saturated carbocycles. The minimum Gasteiger partial charge on any atom is -0.340 e. The average Bonchev–Trinajstić information content (AvgIpc) is 3.13. The van der Waals surface area contributed by atoms with E-state index in [0.717, 1.165) is 13.1 Å². The molecule has 192 valence electrons. The number of alkyl halides is 1. The molecule has 0 spiro atoms. The van der Waals surface area contributed by atoms with Crippen molar-refractivity contribution in [1.29, 1.82) is 0 Å². The maximum atomic E-state index is 13.3. The smallest absolute Gasteiger partial charge is 0.255 e. The molecule has 3 rings (SSSR count). The molecule has 8 nitrogen and oxygen atoms in total. The number of hydrogen-bond acceptors (Lipinski definition) is 6. The number of allylic oxidation sites excluding steroid dienone is 5. The van der Waals surface area contributed by atoms with Gasteiger partial charge >= 0.3 is 0 Å². The van der Waals surface area contributed by atoms with Crippen LogP contribution < -0.4 is 5.32 Å². The molecule has 3 aliphatic rings. The normalized spacial score (nSPS) is 27.9. The molecule has 3 heterocycles. The Morgan fingerprint density at radius 1 is 1.23 bits per heavy atom. The molecule has 3 unspecified atom stereocenters. The van der Waals surface area contributed by atoms with Gasteiger partial charge in [0.15, 0.2) is 0 Å². The van der Waals surface area contributed by atoms with E-state index in [9.17, 15) is 23.1 Å². The molecule has 0 aromatic rings. The summed E-state index contributed by atoms with van der Waals surface area (Å²) in [5.41, 5.74) is 0.938. The van der Waals surface area contributed by atoms with Gasteiger partial charge in [0.1, 0.15) is 6.67 Å². The first-order valence-electron chi connectivity index (χ1n) is 11.7. The van der Waals surface area contributed by atoms with Crippen molar-refractivity contribution >= 4 is 28.1 Å². The third kappa shape index (κ3) is 6.78. The quantitative estimate of drug-likeness (QED) is 0.379. The highest BCUT2D eigenvalue weighted by Crippen LogP contribution is 2.48. The number of likely N-dealkylation sites (N-methyl/N-ethyl adjacent to an activating group) is 1. The Hall–Kier alpha value is -2.53. The number of carbonyl (C=O) groups is 2. The average molecular weight is 507 g/mol. The van der Waals surface area contributed by atoms with Crippen molar-refractivity contribution in [1.82, 2.24) is 15.1 Å². The summed E-state index contributed by atoms with van der Waals surface area (Å²) in [6, 6.07) is -0.211. The highest BCUT2D eigenvalue weighted by atomic mass is 32.3. The van der Waals surface area contributed by atoms with Crippen LogP contribution in [0.3, 0.4) is 0 Å². The Balaban J connectivity index is 1.81. The Morgan fingerprint density at radius 2 is 1.94 bits per heavy atom. The lowest BCUT2D eigenvalue weighted by Crippen LogP contribution is -2.50. The lowest BCUT2D eigenvalue weighted by molar-refractivity contribution is -0.138. The Labute approximate surface area is 208 Å². The summed E-state index contributed by atoms with van der Waals surface area (Å²) in [5, 5.41) is 2.65. The van der Waals surface area contributed by atoms with Gasteiger partial charge in [-0.05, 0) is 44.4 Å². The fraction of sp³-hybridized carbons (Fsp3) is 0.480. The van der Waals surface area contributed by atoms with Gasteiger partial charge in [0.05, 0.1) is 22.6 Å². The number of aliphatic imine (C=N–C) groups is 1. The molecule has 0 aromatic heterocycles. The SMILES string of the molecule is CC1N=C(C=C2C=CC(S(O)(O)CC=CCF)=CC=CNC2=O)C(C)C1C(=O)N1CCN(C)CC1. The van der Waals surface area contributed by atoms with E-state index in [4.69, 9.17) is 4.99 Å². The number of halogens is 1. The Morgan fingerprint density at radius 3 is 2.63 bits per heavy atom. The maximum Gasteiger partial charge on any atom is 0.255 e. The van der Waals surface area contributed by atoms with Gasteiger partial charge in [0, 0.05) is 49.6 Å². The molecule has 1 fully saturated rings. The summed E-state index contributed by atoms with van der Waals surface area (Å²) < 4.78 is 33.4. The largest absolute Gasteiger partial charge is 0.340 e. The van der Waals surface area contributed by atoms with Crippen LogP contribution in [0.15, 0.2) is 64.2 Å². The van der Waals surface area contributed by atoms with Crippen molar-refractivity contribution in [3.05, 3.63) is 59.2 Å². The fourth-order valence-corrected chi connectivity index (χ4v) is 5.55. The van der Waals surface area contributed by atoms with Gasteiger partial charge in [0.2, 0.25) is 5.91 Å². The Kier molecular flexibility index (Phi) is 9.23. The number of amides is 2. The summed E-state index contributed by atoms with van der Waals surface area (Å²) in [7, 11) is -1.17. The van der Waals surface area contributed by atoms with Crippen LogP contribution in [-0.4, -0.2) is 88.1 Å². The maximum absolute atomic E-state index is 13.3. The molecule has 10 heteroatoms. The molecule has 2 amide bonds. The third-order valence-electron chi connectivity index (χ3n) is 6.50. The lowest BCUT2D eigenvalue weighted by Gasteiger charge is -2.35. The summed E-state index contributed by atoms with van der Waals surface area (Å²) >= 11 is 0. The van der Waals surface area contributed by atoms with Crippen molar-refractivity contribution in [2.45, 2.75) is 19.9 Å². The van der Waals surface area contributed by atoms with E-state index in [1.165, 1.54) is 42.7 Å². The van der Waals surface area contributed by atoms with Crippen molar-refractivity contribution in [3.63, 3.8) is 0 Å². The van der Waals surface area contributed by atoms with Crippen LogP contribution in [-0.2, 0) is 9.59 Å². The number of nitrogens with zero attached hydrogens (tertiary/aromatic N) is 3. The van der Waals surface area contributed by atoms with E-state index in [0.29, 0.717) is 18.8 Å². The van der Waals surface area contributed by atoms with Gasteiger partial charge in [0.25, 0.3) is 5.91 Å². The minimum atomic E-state index is -3.22. The van der Waals surface area contributed by atoms with Crippen molar-refractivity contribution in [2.75, 3.05) is 45.7 Å². The van der Waals surface area contributed by atoms with E-state index in [1.54, 1.807) is 6.08 Å². The zero-order chi connectivity index (χ0) is 25.6. The van der Waals surface area contributed by atoms with Gasteiger partial charge in [-0.3, -0.25) is 23.7 Å². The summed E-state index contributed by atoms with van der Waals surface area (Å²) in [6.45, 7) is 6.26. The molecule has 0 aromatic carbocycles. The number of piperazine rings is 1. The van der Waals surface area contributed by atoms with Crippen molar-refractivity contribution < 1.29 is 23.1 Å². The lowest BCUT2D eigenvalue weighted by atomic mass is 9.86. The van der Waals surface area contributed by atoms with E-state index in [1.807, 2.05) is 25.8 Å². The van der Waals surface area contributed by atoms with E-state index in [-0.39, 0.29) is 45.9 Å². The number of nitrogens with one attached hydrogen (secondary N) is 1. The fourth-order valence-electron chi connectivity index (χ4n) is 4.37. The topological polar surface area (TPSA) is 105 Å². The van der Waals surface area contributed by atoms with E-state index in [2.05, 4.69) is 10.2 Å². The van der Waals surface area contributed by atoms with Crippen LogP contribution in [0.5, 0.6) is 0 Å². The summed E-state index contributed by atoms with van der Waals surface area (Å²) in [5.74, 6) is -0.877. The molecule has 0 aliphatic carbocycles. The predicted octanol–water partition coefficient (Wildman–Crippen LogP) is 3.14. The van der Waals surface area contributed by atoms with Crippen molar-refractivity contribution in [2.24, 2.45) is 16.8 Å². The van der Waals surface area contributed by atoms with Crippen LogP contribution in [0.1, 0.15) is 13.8 Å². The molecule has 0 radical (unpaired) electrons. The zero-order valence-electron chi connectivity index (χ0n) is 20.4. The molecule has 1 saturated heterocycles. The number of carbonyl (C=O) groups excluding carboxylic acids is 2. The Bertz CT molecular complexity index is 993. The summed E-state index contributed by atoms with van der Waals surface area (Å²) in [6.07, 6.45) is 11.7. The van der Waals surface area contributed by atoms with Crippen LogP contribution in [0.4, 0.5) is 4.39 Å². The molecule has 3 N–H and O–H groups in total. The first-order valence-corrected chi connectivity index (χ1v) is 13.4. The standard InChI is InChI=1S/C25H35FN4O4S/c1-18-22(28-19(2)23(18)25(32)30-14-12-29(3)13-15-30)17-20-8-9-21(7-6-11-27-24(20)31)35(33,34)16-5-4-10-26/h4-9,11,17-19,23,33-34H,10,12-16H2,1-3H3,(H,27,31). The molecular weight excluding hydrogens is 471 g/mol. The van der Waals surface area contributed by atoms with E-state index >= 15 is 0 Å². The highest BCUT2D eigenvalue weighted by molar-refractivity contribution is 8.27. The molecule has 3 aliphatic heterocycles. The number of hydrogen-bond donors (Lipinski definition) is 3. The predicted molar refractivity (Wildman–Crippen MR) is 139 cm³/mol. The highest BCUT2D eigenvalue weighted by Gasteiger charge is 2.40. The zero-order valence-corrected chi connectivity index (χ0v) is 21.2. The molecular formula is C25H35FN4O4S. The molecule has 3 atom stereocenters. The van der Waals surface area contributed by atoms with Crippen LogP contribution in [0.2, 0.25) is 0 Å². The first kappa shape index (κ1) is 27.1. The minimum absolute atomic E-state index is 0.0909. The first-order chi connectivity index (χ1) is 16.6. The van der Waals surface area contributed by atoms with Gasteiger partial charge < -0.3 is 15.1 Å². The second-order valence-corrected chi connectivity index (χ2v) is 11.2. The second-order valence-electron chi connectivity index (χ2n) is 9.03. The molecule has 0 bridgehead atoms. The summed E-state index contributed by atoms with van der Waals surface area (Å²) in [4.78, 5) is 35.0. The second kappa shape index (κ2) is 11.9. The van der Waals surface area contributed by atoms with Gasteiger partial charge in [-0.1, -0.05) is 19.1 Å². The third-order valence-corrected chi connectivity index (χ3v) is 8.19. The van der Waals surface area contributed by atoms with Gasteiger partial charge in [-0.2, -0.15) is 10.6 Å². The molecule has 35 heavy (non-hydrogen) atoms. The van der Waals surface area contributed by atoms with Crippen LogP contribution in [0, 0.1) is 11.8 Å². The number of rotatable bonds is 6. The van der Waals surface area contributed by atoms with Crippen LogP contribution >= 0.6 is 10.6 Å². The van der Waals surface area contributed by atoms with Gasteiger partial charge in [-0.15, -0.1) is 0 Å². The van der Waals surface area contributed by atoms with Crippen molar-refractivity contribution in [3.8, 4) is 0 Å². The van der Waals surface area contributed by atoms with Gasteiger partial charge in [-0.25, -0.2) is 4.39 Å². The van der Waals surface area contributed by atoms with E-state index < -0.39 is 17.3 Å². The monoisotopic (exact) mass is 506 g/mol. The van der Waals surface area contributed by atoms with Crippen LogP contribution in [0.25, 0.3) is 0 Å².